The molecule has 0 N–H and O–H groups in total. The number of fused-ring (bicyclic) bond motifs is 3. The van der Waals surface area contributed by atoms with Gasteiger partial charge in [0.2, 0.25) is 0 Å². The highest BCUT2D eigenvalue weighted by Gasteiger charge is 2.24. The summed E-state index contributed by atoms with van der Waals surface area (Å²) in [4.78, 5) is 5.22. The summed E-state index contributed by atoms with van der Waals surface area (Å²) in [7, 11) is 11.5. The smallest absolute Gasteiger partial charge is 0.145 e. The van der Waals surface area contributed by atoms with Crippen molar-refractivity contribution in [2.75, 3.05) is 0 Å². The summed E-state index contributed by atoms with van der Waals surface area (Å²) in [6.07, 6.45) is 0. The molecule has 0 unspecified atom stereocenters. The predicted molar refractivity (Wildman–Crippen MR) is 239 cm³/mol. The molecule has 0 aliphatic carbocycles. The van der Waals surface area contributed by atoms with Gasteiger partial charge in [0, 0.05) is 11.1 Å². The molecule has 0 atom stereocenters. The Labute approximate surface area is 309 Å². The highest BCUT2D eigenvalue weighted by atomic mass is 15.1. The molecule has 9 aromatic rings. The van der Waals surface area contributed by atoms with E-state index >= 15 is 0 Å². The zero-order valence-corrected chi connectivity index (χ0v) is 30.3. The van der Waals surface area contributed by atoms with Gasteiger partial charge in [-0.3, -0.25) is 4.57 Å². The lowest BCUT2D eigenvalue weighted by Gasteiger charge is -2.25. The van der Waals surface area contributed by atoms with Gasteiger partial charge < -0.3 is 0 Å². The van der Waals surface area contributed by atoms with Gasteiger partial charge in [0.05, 0.1) is 16.7 Å². The molecule has 0 radical (unpaired) electrons. The molecule has 0 saturated carbocycles. The van der Waals surface area contributed by atoms with Crippen LogP contribution in [0.1, 0.15) is 0 Å². The van der Waals surface area contributed by atoms with Crippen molar-refractivity contribution >= 4 is 99.1 Å². The fourth-order valence-corrected chi connectivity index (χ4v) is 8.35. The van der Waals surface area contributed by atoms with Gasteiger partial charge in [0.1, 0.15) is 45.1 Å². The number of hydrogen-bond donors (Lipinski definition) is 0. The van der Waals surface area contributed by atoms with Crippen molar-refractivity contribution < 1.29 is 0 Å². The van der Waals surface area contributed by atoms with Gasteiger partial charge in [-0.15, -0.1) is 16.4 Å². The Morgan fingerprint density at radius 3 is 1.63 bits per heavy atom. The first kappa shape index (κ1) is 32.0. The van der Waals surface area contributed by atoms with Crippen molar-refractivity contribution in [3.05, 3.63) is 152 Å². The number of rotatable bonds is 5. The SMILES string of the molecule is Bc1c(B)c(B)c(-c2c3ccccc3c(-c3ccccc3-n3c(-c4ccccc4)nc4ccccc43)c3ccc(-c4ccccc4)cc23)c(B)c1B. The minimum Gasteiger partial charge on any atom is -0.292 e. The second kappa shape index (κ2) is 12.7. The van der Waals surface area contributed by atoms with Gasteiger partial charge in [-0.25, -0.2) is 4.98 Å². The topological polar surface area (TPSA) is 17.8 Å². The van der Waals surface area contributed by atoms with Crippen LogP contribution in [-0.2, 0) is 0 Å². The van der Waals surface area contributed by atoms with Gasteiger partial charge in [-0.05, 0) is 73.6 Å². The Kier molecular flexibility index (Phi) is 7.81. The van der Waals surface area contributed by atoms with Crippen LogP contribution in [0.5, 0.6) is 0 Å². The minimum atomic E-state index is 0.933. The quantitative estimate of drug-likeness (QED) is 0.205. The lowest BCUT2D eigenvalue weighted by molar-refractivity contribution is 1.10. The summed E-state index contributed by atoms with van der Waals surface area (Å²) >= 11 is 0. The van der Waals surface area contributed by atoms with Crippen LogP contribution >= 0.6 is 0 Å². The maximum atomic E-state index is 5.22. The Morgan fingerprint density at radius 1 is 0.385 bits per heavy atom. The monoisotopic (exact) mass is 658 g/mol. The van der Waals surface area contributed by atoms with E-state index in [9.17, 15) is 0 Å². The van der Waals surface area contributed by atoms with Crippen LogP contribution in [-0.4, -0.2) is 48.8 Å². The molecule has 1 aromatic heterocycles. The van der Waals surface area contributed by atoms with E-state index in [1.54, 1.807) is 0 Å². The van der Waals surface area contributed by atoms with E-state index in [-0.39, 0.29) is 0 Å². The van der Waals surface area contributed by atoms with Crippen LogP contribution in [0.3, 0.4) is 0 Å². The van der Waals surface area contributed by atoms with Crippen LogP contribution in [0.15, 0.2) is 152 Å². The molecular formula is C45H35B5N2. The Bertz CT molecular complexity index is 2820. The molecular weight excluding hydrogens is 623 g/mol. The van der Waals surface area contributed by atoms with E-state index < -0.39 is 0 Å². The van der Waals surface area contributed by atoms with Crippen LogP contribution in [0.25, 0.3) is 83.0 Å². The van der Waals surface area contributed by atoms with Crippen molar-refractivity contribution in [1.29, 1.82) is 0 Å². The zero-order valence-electron chi connectivity index (χ0n) is 30.3. The third kappa shape index (κ3) is 4.99. The number of aromatic nitrogens is 2. The molecule has 52 heavy (non-hydrogen) atoms. The predicted octanol–water partition coefficient (Wildman–Crippen LogP) is 3.29. The van der Waals surface area contributed by atoms with E-state index in [4.69, 9.17) is 4.98 Å². The Hall–Kier alpha value is -5.93. The normalized spacial score (nSPS) is 11.5. The zero-order chi connectivity index (χ0) is 35.5. The Balaban J connectivity index is 1.45. The maximum absolute atomic E-state index is 5.22. The third-order valence-electron chi connectivity index (χ3n) is 11.4. The Morgan fingerprint density at radius 2 is 0.923 bits per heavy atom. The molecule has 0 aliphatic rings. The number of imidazole rings is 1. The van der Waals surface area contributed by atoms with Crippen LogP contribution in [0, 0.1) is 0 Å². The molecule has 0 amide bonds. The minimum absolute atomic E-state index is 0.933. The summed E-state index contributed by atoms with van der Waals surface area (Å²) in [5, 5.41) is 5.00. The molecule has 9 rings (SSSR count). The van der Waals surface area contributed by atoms with E-state index in [0.717, 1.165) is 28.1 Å². The first-order valence-corrected chi connectivity index (χ1v) is 18.2. The summed E-state index contributed by atoms with van der Waals surface area (Å²) in [6, 6.07) is 54.8. The summed E-state index contributed by atoms with van der Waals surface area (Å²) in [5.74, 6) is 0.933. The molecule has 2 nitrogen and oxygen atoms in total. The molecule has 0 spiro atoms. The number of hydrogen-bond acceptors (Lipinski definition) is 1. The number of para-hydroxylation sites is 3. The summed E-state index contributed by atoms with van der Waals surface area (Å²) < 4.78 is 2.36. The van der Waals surface area contributed by atoms with E-state index in [1.165, 1.54) is 82.2 Å². The van der Waals surface area contributed by atoms with Crippen molar-refractivity contribution in [3.8, 4) is 50.5 Å². The largest absolute Gasteiger partial charge is 0.292 e. The molecule has 0 saturated heterocycles. The fraction of sp³-hybridized carbons (Fsp3) is 0. The summed E-state index contributed by atoms with van der Waals surface area (Å²) in [5.41, 5.74) is 18.6. The lowest BCUT2D eigenvalue weighted by atomic mass is 9.59. The second-order valence-electron chi connectivity index (χ2n) is 14.1. The van der Waals surface area contributed by atoms with Crippen LogP contribution in [0.2, 0.25) is 0 Å². The van der Waals surface area contributed by atoms with E-state index in [1.807, 2.05) is 0 Å². The van der Waals surface area contributed by atoms with Crippen LogP contribution in [0.4, 0.5) is 0 Å². The number of nitrogens with zero attached hydrogens (tertiary/aromatic N) is 2. The highest BCUT2D eigenvalue weighted by molar-refractivity contribution is 6.69. The fourth-order valence-electron chi connectivity index (χ4n) is 8.35. The van der Waals surface area contributed by atoms with Crippen molar-refractivity contribution in [1.82, 2.24) is 9.55 Å². The molecule has 0 bridgehead atoms. The third-order valence-corrected chi connectivity index (χ3v) is 11.4. The van der Waals surface area contributed by atoms with Gasteiger partial charge in [0.15, 0.2) is 0 Å². The molecule has 0 fully saturated rings. The van der Waals surface area contributed by atoms with Crippen molar-refractivity contribution in [2.45, 2.75) is 0 Å². The first-order valence-electron chi connectivity index (χ1n) is 18.2. The van der Waals surface area contributed by atoms with Gasteiger partial charge >= 0.3 is 0 Å². The lowest BCUT2D eigenvalue weighted by Crippen LogP contribution is -2.55. The molecule has 1 heterocycles. The van der Waals surface area contributed by atoms with Gasteiger partial charge in [-0.1, -0.05) is 138 Å². The van der Waals surface area contributed by atoms with Gasteiger partial charge in [0.25, 0.3) is 0 Å². The maximum Gasteiger partial charge on any atom is 0.145 e. The second-order valence-corrected chi connectivity index (χ2v) is 14.1. The highest BCUT2D eigenvalue weighted by Crippen LogP contribution is 2.46. The molecule has 8 aromatic carbocycles. The van der Waals surface area contributed by atoms with Crippen molar-refractivity contribution in [2.24, 2.45) is 0 Å². The van der Waals surface area contributed by atoms with E-state index in [0.29, 0.717) is 0 Å². The first-order chi connectivity index (χ1) is 25.4. The summed E-state index contributed by atoms with van der Waals surface area (Å²) in [6.45, 7) is 0. The average Bonchev–Trinajstić information content (AvgIpc) is 3.59. The van der Waals surface area contributed by atoms with Crippen LogP contribution < -0.4 is 27.3 Å². The van der Waals surface area contributed by atoms with Crippen molar-refractivity contribution in [3.63, 3.8) is 0 Å². The standard InChI is InChI=1S/C45H35B5N2/c46-40-39(41(47)43(49)44(50)42(40)48)38-30-18-8-7-17-29(30)37(31-24-23-28(25-33(31)38)26-13-3-1-4-14-26)32-19-9-11-21-35(32)52-36-22-12-10-20-34(36)51-45(52)27-15-5-2-6-16-27/h1-25H,46-50H2. The average molecular weight is 658 g/mol. The molecule has 7 heteroatoms. The molecule has 0 aliphatic heterocycles. The molecule has 240 valence electrons. The van der Waals surface area contributed by atoms with Gasteiger partial charge in [-0.2, -0.15) is 0 Å². The van der Waals surface area contributed by atoms with E-state index in [2.05, 4.69) is 195 Å². The number of benzene rings is 8.